The quantitative estimate of drug-likeness (QED) is 0.699. The average Bonchev–Trinajstić information content (AvgIpc) is 2.61. The summed E-state index contributed by atoms with van der Waals surface area (Å²) in [5.41, 5.74) is 0.882. The highest BCUT2D eigenvalue weighted by molar-refractivity contribution is 7.86. The van der Waals surface area contributed by atoms with E-state index in [2.05, 4.69) is 5.32 Å². The first-order chi connectivity index (χ1) is 11.9. The minimum Gasteiger partial charge on any atom is -0.497 e. The van der Waals surface area contributed by atoms with Gasteiger partial charge in [0.05, 0.1) is 7.11 Å². The Morgan fingerprint density at radius 3 is 2.20 bits per heavy atom. The molecule has 0 bridgehead atoms. The maximum absolute atomic E-state index is 12.4. The summed E-state index contributed by atoms with van der Waals surface area (Å²) in [6, 6.07) is 15.9. The second kappa shape index (κ2) is 6.54. The molecule has 0 spiro atoms. The third-order valence-electron chi connectivity index (χ3n) is 3.76. The molecule has 25 heavy (non-hydrogen) atoms. The van der Waals surface area contributed by atoms with Crippen molar-refractivity contribution in [3.05, 3.63) is 66.2 Å². The smallest absolute Gasteiger partial charge is 0.295 e. The third-order valence-corrected chi connectivity index (χ3v) is 4.67. The molecule has 0 aliphatic carbocycles. The Morgan fingerprint density at radius 1 is 0.960 bits per heavy atom. The van der Waals surface area contributed by atoms with Crippen molar-refractivity contribution in [3.63, 3.8) is 0 Å². The second-order valence-electron chi connectivity index (χ2n) is 5.31. The van der Waals surface area contributed by atoms with Crippen molar-refractivity contribution in [2.75, 3.05) is 12.4 Å². The summed E-state index contributed by atoms with van der Waals surface area (Å²) >= 11 is 0. The van der Waals surface area contributed by atoms with Crippen LogP contribution in [-0.2, 0) is 10.1 Å². The zero-order valence-electron chi connectivity index (χ0n) is 13.3. The van der Waals surface area contributed by atoms with E-state index in [0.717, 1.165) is 0 Å². The third kappa shape index (κ3) is 3.47. The molecule has 128 valence electrons. The zero-order valence-corrected chi connectivity index (χ0v) is 14.1. The van der Waals surface area contributed by atoms with E-state index in [0.29, 0.717) is 27.8 Å². The van der Waals surface area contributed by atoms with Gasteiger partial charge in [0.25, 0.3) is 16.0 Å². The Labute approximate surface area is 144 Å². The monoisotopic (exact) mass is 357 g/mol. The highest BCUT2D eigenvalue weighted by Crippen LogP contribution is 2.29. The first-order valence-electron chi connectivity index (χ1n) is 7.35. The van der Waals surface area contributed by atoms with E-state index in [1.54, 1.807) is 48.5 Å². The standard InChI is InChI=1S/C18H15NO5S/c1-24-13-8-6-12(7-9-13)18(20)19-16-10-11-17(25(21,22)23)15-5-3-2-4-14(15)16/h2-11H,1H3,(H,19,20)(H,21,22,23). The molecular weight excluding hydrogens is 342 g/mol. The van der Waals surface area contributed by atoms with Crippen LogP contribution in [-0.4, -0.2) is 26.0 Å². The summed E-state index contributed by atoms with van der Waals surface area (Å²) in [7, 11) is -2.82. The lowest BCUT2D eigenvalue weighted by atomic mass is 10.1. The van der Waals surface area contributed by atoms with Crippen LogP contribution >= 0.6 is 0 Å². The molecular formula is C18H15NO5S. The Kier molecular flexibility index (Phi) is 4.43. The van der Waals surface area contributed by atoms with E-state index in [-0.39, 0.29) is 10.8 Å². The summed E-state index contributed by atoms with van der Waals surface area (Å²) in [4.78, 5) is 12.2. The van der Waals surface area contributed by atoms with Crippen molar-refractivity contribution in [1.29, 1.82) is 0 Å². The van der Waals surface area contributed by atoms with Gasteiger partial charge in [-0.05, 0) is 36.4 Å². The lowest BCUT2D eigenvalue weighted by molar-refractivity contribution is 0.102. The number of methoxy groups -OCH3 is 1. The molecule has 0 unspecified atom stereocenters. The Hall–Kier alpha value is -2.90. The Morgan fingerprint density at radius 2 is 1.60 bits per heavy atom. The van der Waals surface area contributed by atoms with Gasteiger partial charge in [-0.15, -0.1) is 0 Å². The Bertz CT molecular complexity index is 1040. The zero-order chi connectivity index (χ0) is 18.0. The molecule has 1 amide bonds. The molecule has 0 heterocycles. The molecule has 2 N–H and O–H groups in total. The van der Waals surface area contributed by atoms with E-state index >= 15 is 0 Å². The molecule has 3 rings (SSSR count). The first kappa shape index (κ1) is 16.9. The minimum atomic E-state index is -4.36. The van der Waals surface area contributed by atoms with Crippen molar-refractivity contribution >= 4 is 32.5 Å². The molecule has 0 saturated carbocycles. The second-order valence-corrected chi connectivity index (χ2v) is 6.70. The number of nitrogens with one attached hydrogen (secondary N) is 1. The normalized spacial score (nSPS) is 11.3. The van der Waals surface area contributed by atoms with E-state index in [9.17, 15) is 17.8 Å². The molecule has 0 atom stereocenters. The van der Waals surface area contributed by atoms with Crippen LogP contribution in [0, 0.1) is 0 Å². The van der Waals surface area contributed by atoms with Crippen molar-refractivity contribution in [2.45, 2.75) is 4.90 Å². The summed E-state index contributed by atoms with van der Waals surface area (Å²) in [6.45, 7) is 0. The van der Waals surface area contributed by atoms with Crippen LogP contribution in [0.1, 0.15) is 10.4 Å². The van der Waals surface area contributed by atoms with Crippen LogP contribution in [0.25, 0.3) is 10.8 Å². The number of ether oxygens (including phenoxy) is 1. The number of carbonyl (C=O) groups excluding carboxylic acids is 1. The first-order valence-corrected chi connectivity index (χ1v) is 8.79. The van der Waals surface area contributed by atoms with E-state index in [1.165, 1.54) is 19.2 Å². The van der Waals surface area contributed by atoms with Crippen LogP contribution in [0.15, 0.2) is 65.6 Å². The summed E-state index contributed by atoms with van der Waals surface area (Å²) in [6.07, 6.45) is 0. The average molecular weight is 357 g/mol. The van der Waals surface area contributed by atoms with Gasteiger partial charge >= 0.3 is 0 Å². The molecule has 0 saturated heterocycles. The van der Waals surface area contributed by atoms with Gasteiger partial charge in [-0.3, -0.25) is 9.35 Å². The topological polar surface area (TPSA) is 92.7 Å². The van der Waals surface area contributed by atoms with Gasteiger partial charge in [-0.25, -0.2) is 0 Å². The molecule has 6 nitrogen and oxygen atoms in total. The van der Waals surface area contributed by atoms with Gasteiger partial charge in [0.2, 0.25) is 0 Å². The molecule has 7 heteroatoms. The molecule has 3 aromatic carbocycles. The predicted molar refractivity (Wildman–Crippen MR) is 94.7 cm³/mol. The van der Waals surface area contributed by atoms with Crippen LogP contribution in [0.3, 0.4) is 0 Å². The van der Waals surface area contributed by atoms with Gasteiger partial charge < -0.3 is 10.1 Å². The van der Waals surface area contributed by atoms with Gasteiger partial charge in [0.15, 0.2) is 0 Å². The maximum atomic E-state index is 12.4. The summed E-state index contributed by atoms with van der Waals surface area (Å²) < 4.78 is 37.5. The van der Waals surface area contributed by atoms with E-state index in [4.69, 9.17) is 4.74 Å². The van der Waals surface area contributed by atoms with Crippen molar-refractivity contribution < 1.29 is 22.5 Å². The summed E-state index contributed by atoms with van der Waals surface area (Å²) in [5, 5.41) is 3.61. The fourth-order valence-corrected chi connectivity index (χ4v) is 3.24. The maximum Gasteiger partial charge on any atom is 0.295 e. The van der Waals surface area contributed by atoms with Crippen LogP contribution in [0.4, 0.5) is 5.69 Å². The fraction of sp³-hybridized carbons (Fsp3) is 0.0556. The number of fused-ring (bicyclic) bond motifs is 1. The SMILES string of the molecule is COc1ccc(C(=O)Nc2ccc(S(=O)(=O)O)c3ccccc23)cc1. The number of carbonyl (C=O) groups is 1. The fourth-order valence-electron chi connectivity index (χ4n) is 2.54. The number of hydrogen-bond acceptors (Lipinski definition) is 4. The molecule has 0 fully saturated rings. The minimum absolute atomic E-state index is 0.203. The van der Waals surface area contributed by atoms with Gasteiger partial charge in [-0.1, -0.05) is 24.3 Å². The van der Waals surface area contributed by atoms with Crippen LogP contribution < -0.4 is 10.1 Å². The van der Waals surface area contributed by atoms with Crippen molar-refractivity contribution in [2.24, 2.45) is 0 Å². The number of hydrogen-bond donors (Lipinski definition) is 2. The molecule has 0 aromatic heterocycles. The van der Waals surface area contributed by atoms with E-state index < -0.39 is 10.1 Å². The van der Waals surface area contributed by atoms with Crippen molar-refractivity contribution in [1.82, 2.24) is 0 Å². The molecule has 3 aromatic rings. The number of rotatable bonds is 4. The Balaban J connectivity index is 2.00. The highest BCUT2D eigenvalue weighted by atomic mass is 32.2. The van der Waals surface area contributed by atoms with Crippen molar-refractivity contribution in [3.8, 4) is 5.75 Å². The lowest BCUT2D eigenvalue weighted by Crippen LogP contribution is -2.12. The lowest BCUT2D eigenvalue weighted by Gasteiger charge is -2.11. The number of anilines is 1. The predicted octanol–water partition coefficient (Wildman–Crippen LogP) is 3.35. The van der Waals surface area contributed by atoms with E-state index in [1.807, 2.05) is 0 Å². The molecule has 0 aliphatic heterocycles. The molecule has 0 aliphatic rings. The molecule has 0 radical (unpaired) electrons. The van der Waals surface area contributed by atoms with Gasteiger partial charge in [0.1, 0.15) is 10.6 Å². The van der Waals surface area contributed by atoms with Gasteiger partial charge in [-0.2, -0.15) is 8.42 Å². The largest absolute Gasteiger partial charge is 0.497 e. The van der Waals surface area contributed by atoms with Crippen LogP contribution in [0.2, 0.25) is 0 Å². The highest BCUT2D eigenvalue weighted by Gasteiger charge is 2.16. The number of benzene rings is 3. The number of amides is 1. The van der Waals surface area contributed by atoms with Crippen LogP contribution in [0.5, 0.6) is 5.75 Å². The van der Waals surface area contributed by atoms with Gasteiger partial charge in [0, 0.05) is 22.0 Å². The summed E-state index contributed by atoms with van der Waals surface area (Å²) in [5.74, 6) is 0.298.